The van der Waals surface area contributed by atoms with Crippen molar-refractivity contribution >= 4 is 5.91 Å². The summed E-state index contributed by atoms with van der Waals surface area (Å²) in [6, 6.07) is 0. The van der Waals surface area contributed by atoms with E-state index in [1.54, 1.807) is 0 Å². The molecule has 0 heterocycles. The summed E-state index contributed by atoms with van der Waals surface area (Å²) in [6.07, 6.45) is 1.38. The SMILES string of the molecule is CCCC(=O)NCCN=[N+]=[N-]. The van der Waals surface area contributed by atoms with E-state index in [-0.39, 0.29) is 5.91 Å². The van der Waals surface area contributed by atoms with Crippen molar-refractivity contribution in [3.8, 4) is 0 Å². The van der Waals surface area contributed by atoms with Crippen LogP contribution in [0.15, 0.2) is 5.11 Å². The summed E-state index contributed by atoms with van der Waals surface area (Å²) in [7, 11) is 0. The molecule has 62 valence electrons. The highest BCUT2D eigenvalue weighted by Crippen LogP contribution is 1.84. The number of hydrogen-bond donors (Lipinski definition) is 1. The van der Waals surface area contributed by atoms with Crippen molar-refractivity contribution in [2.45, 2.75) is 19.8 Å². The zero-order valence-electron chi connectivity index (χ0n) is 6.58. The van der Waals surface area contributed by atoms with Crippen molar-refractivity contribution in [1.29, 1.82) is 0 Å². The molecule has 11 heavy (non-hydrogen) atoms. The van der Waals surface area contributed by atoms with E-state index >= 15 is 0 Å². The summed E-state index contributed by atoms with van der Waals surface area (Å²) < 4.78 is 0. The zero-order chi connectivity index (χ0) is 8.53. The molecule has 1 N–H and O–H groups in total. The third-order valence-corrected chi connectivity index (χ3v) is 1.07. The average Bonchev–Trinajstić information content (AvgIpc) is 1.99. The summed E-state index contributed by atoms with van der Waals surface area (Å²) in [5, 5.41) is 5.88. The van der Waals surface area contributed by atoms with E-state index in [9.17, 15) is 4.79 Å². The number of rotatable bonds is 5. The first kappa shape index (κ1) is 9.78. The van der Waals surface area contributed by atoms with Gasteiger partial charge in [-0.05, 0) is 12.0 Å². The van der Waals surface area contributed by atoms with Gasteiger partial charge in [-0.25, -0.2) is 0 Å². The second-order valence-corrected chi connectivity index (χ2v) is 2.05. The molecule has 0 aromatic rings. The molecule has 5 nitrogen and oxygen atoms in total. The van der Waals surface area contributed by atoms with Gasteiger partial charge in [-0.1, -0.05) is 12.0 Å². The molecule has 0 aliphatic carbocycles. The van der Waals surface area contributed by atoms with Gasteiger partial charge in [-0.2, -0.15) is 0 Å². The van der Waals surface area contributed by atoms with Crippen molar-refractivity contribution in [1.82, 2.24) is 5.32 Å². The van der Waals surface area contributed by atoms with Crippen LogP contribution in [0.2, 0.25) is 0 Å². The molecule has 0 aromatic heterocycles. The average molecular weight is 156 g/mol. The van der Waals surface area contributed by atoms with E-state index in [2.05, 4.69) is 15.3 Å². The minimum atomic E-state index is 0.0145. The summed E-state index contributed by atoms with van der Waals surface area (Å²) in [5.41, 5.74) is 7.88. The van der Waals surface area contributed by atoms with E-state index in [1.807, 2.05) is 6.92 Å². The van der Waals surface area contributed by atoms with Crippen LogP contribution in [0.5, 0.6) is 0 Å². The van der Waals surface area contributed by atoms with Crippen LogP contribution in [-0.4, -0.2) is 19.0 Å². The molecule has 0 radical (unpaired) electrons. The fraction of sp³-hybridized carbons (Fsp3) is 0.833. The summed E-state index contributed by atoms with van der Waals surface area (Å²) in [4.78, 5) is 13.3. The Labute approximate surface area is 65.4 Å². The lowest BCUT2D eigenvalue weighted by atomic mass is 10.3. The van der Waals surface area contributed by atoms with Gasteiger partial charge in [0.05, 0.1) is 0 Å². The van der Waals surface area contributed by atoms with Gasteiger partial charge in [0.2, 0.25) is 5.91 Å². The summed E-state index contributed by atoms with van der Waals surface area (Å²) >= 11 is 0. The van der Waals surface area contributed by atoms with Crippen LogP contribution in [0.25, 0.3) is 10.4 Å². The number of amides is 1. The van der Waals surface area contributed by atoms with Crippen molar-refractivity contribution in [3.05, 3.63) is 10.4 Å². The largest absolute Gasteiger partial charge is 0.356 e. The smallest absolute Gasteiger partial charge is 0.219 e. The van der Waals surface area contributed by atoms with Crippen LogP contribution >= 0.6 is 0 Å². The lowest BCUT2D eigenvalue weighted by Gasteiger charge is -1.99. The Morgan fingerprint density at radius 2 is 2.45 bits per heavy atom. The second-order valence-electron chi connectivity index (χ2n) is 2.05. The molecule has 1 amide bonds. The molecule has 0 fully saturated rings. The van der Waals surface area contributed by atoms with Gasteiger partial charge in [0.15, 0.2) is 0 Å². The number of nitrogens with one attached hydrogen (secondary N) is 1. The van der Waals surface area contributed by atoms with E-state index in [4.69, 9.17) is 5.53 Å². The molecule has 0 bridgehead atoms. The van der Waals surface area contributed by atoms with E-state index in [1.165, 1.54) is 0 Å². The number of hydrogen-bond acceptors (Lipinski definition) is 2. The first-order valence-corrected chi connectivity index (χ1v) is 3.58. The zero-order valence-corrected chi connectivity index (χ0v) is 6.58. The quantitative estimate of drug-likeness (QED) is 0.276. The molecule has 0 unspecified atom stereocenters. The number of azide groups is 1. The molecule has 0 atom stereocenters. The van der Waals surface area contributed by atoms with Gasteiger partial charge in [0, 0.05) is 24.4 Å². The molecule has 0 aromatic carbocycles. The van der Waals surface area contributed by atoms with Crippen molar-refractivity contribution < 1.29 is 4.79 Å². The molecule has 0 saturated heterocycles. The molecular formula is C6H12N4O. The fourth-order valence-electron chi connectivity index (χ4n) is 0.605. The van der Waals surface area contributed by atoms with Gasteiger partial charge in [-0.15, -0.1) is 0 Å². The fourth-order valence-corrected chi connectivity index (χ4v) is 0.605. The third-order valence-electron chi connectivity index (χ3n) is 1.07. The second kappa shape index (κ2) is 6.89. The Kier molecular flexibility index (Phi) is 6.13. The monoisotopic (exact) mass is 156 g/mol. The minimum Gasteiger partial charge on any atom is -0.356 e. The highest BCUT2D eigenvalue weighted by Gasteiger charge is 1.95. The highest BCUT2D eigenvalue weighted by molar-refractivity contribution is 5.75. The van der Waals surface area contributed by atoms with Crippen molar-refractivity contribution in [2.24, 2.45) is 5.11 Å². The highest BCUT2D eigenvalue weighted by atomic mass is 16.1. The van der Waals surface area contributed by atoms with Crippen molar-refractivity contribution in [3.63, 3.8) is 0 Å². The topological polar surface area (TPSA) is 77.9 Å². The predicted molar refractivity (Wildman–Crippen MR) is 41.9 cm³/mol. The van der Waals surface area contributed by atoms with E-state index < -0.39 is 0 Å². The first-order valence-electron chi connectivity index (χ1n) is 3.58. The molecule has 5 heteroatoms. The predicted octanol–water partition coefficient (Wildman–Crippen LogP) is 1.21. The molecule has 0 aliphatic heterocycles. The number of carbonyl (C=O) groups is 1. The molecule has 0 aliphatic rings. The minimum absolute atomic E-state index is 0.0145. The Balaban J connectivity index is 3.23. The lowest BCUT2D eigenvalue weighted by Crippen LogP contribution is -2.25. The van der Waals surface area contributed by atoms with Gasteiger partial charge in [-0.3, -0.25) is 4.79 Å². The van der Waals surface area contributed by atoms with Crippen LogP contribution in [0.3, 0.4) is 0 Å². The van der Waals surface area contributed by atoms with Gasteiger partial charge in [0.25, 0.3) is 0 Å². The van der Waals surface area contributed by atoms with E-state index in [0.29, 0.717) is 19.5 Å². The summed E-state index contributed by atoms with van der Waals surface area (Å²) in [6.45, 7) is 2.70. The molecule has 0 saturated carbocycles. The Bertz CT molecular complexity index is 162. The molecular weight excluding hydrogens is 144 g/mol. The van der Waals surface area contributed by atoms with Crippen LogP contribution in [0.1, 0.15) is 19.8 Å². The lowest BCUT2D eigenvalue weighted by molar-refractivity contribution is -0.121. The number of carbonyl (C=O) groups excluding carboxylic acids is 1. The van der Waals surface area contributed by atoms with Crippen LogP contribution in [-0.2, 0) is 4.79 Å². The third kappa shape index (κ3) is 6.67. The standard InChI is InChI=1S/C6H12N4O/c1-2-3-6(11)8-4-5-9-10-7/h2-5H2,1H3,(H,8,11). The maximum atomic E-state index is 10.8. The Morgan fingerprint density at radius 1 is 1.73 bits per heavy atom. The normalized spacial score (nSPS) is 8.45. The van der Waals surface area contributed by atoms with Gasteiger partial charge < -0.3 is 5.32 Å². The number of nitrogens with zero attached hydrogens (tertiary/aromatic N) is 3. The van der Waals surface area contributed by atoms with Crippen molar-refractivity contribution in [2.75, 3.05) is 13.1 Å². The maximum Gasteiger partial charge on any atom is 0.219 e. The van der Waals surface area contributed by atoms with Gasteiger partial charge >= 0.3 is 0 Å². The van der Waals surface area contributed by atoms with Crippen LogP contribution in [0, 0.1) is 0 Å². The van der Waals surface area contributed by atoms with Gasteiger partial charge in [0.1, 0.15) is 0 Å². The van der Waals surface area contributed by atoms with E-state index in [0.717, 1.165) is 6.42 Å². The molecule has 0 spiro atoms. The Hall–Kier alpha value is -1.22. The summed E-state index contributed by atoms with van der Waals surface area (Å²) in [5.74, 6) is 0.0145. The van der Waals surface area contributed by atoms with Crippen LogP contribution < -0.4 is 5.32 Å². The maximum absolute atomic E-state index is 10.8. The van der Waals surface area contributed by atoms with Crippen LogP contribution in [0.4, 0.5) is 0 Å². The molecule has 0 rings (SSSR count). The first-order chi connectivity index (χ1) is 5.31. The Morgan fingerprint density at radius 3 is 3.00 bits per heavy atom.